The van der Waals surface area contributed by atoms with Crippen LogP contribution in [0.25, 0.3) is 0 Å². The molecule has 27 heavy (non-hydrogen) atoms. The van der Waals surface area contributed by atoms with Crippen LogP contribution in [0.3, 0.4) is 0 Å². The second kappa shape index (κ2) is 7.85. The molecular weight excluding hydrogens is 356 g/mol. The van der Waals surface area contributed by atoms with Gasteiger partial charge in [0.05, 0.1) is 4.88 Å². The van der Waals surface area contributed by atoms with Crippen LogP contribution < -0.4 is 5.32 Å². The van der Waals surface area contributed by atoms with Gasteiger partial charge in [0.2, 0.25) is 5.91 Å². The maximum Gasteiger partial charge on any atom is 0.263 e. The Hall–Kier alpha value is -2.14. The summed E-state index contributed by atoms with van der Waals surface area (Å²) in [6.07, 6.45) is 4.74. The fourth-order valence-electron chi connectivity index (χ4n) is 3.97. The highest BCUT2D eigenvalue weighted by Gasteiger charge is 2.29. The van der Waals surface area contributed by atoms with Gasteiger partial charge in [-0.1, -0.05) is 29.8 Å². The van der Waals surface area contributed by atoms with Crippen molar-refractivity contribution in [1.29, 1.82) is 0 Å². The SMILES string of the molecule is Cc1ccc(CNC(=O)[C@@H]2CCc3sc(C(=O)N4CCCC4)cc3C2)cc1. The number of fused-ring (bicyclic) bond motifs is 1. The van der Waals surface area contributed by atoms with E-state index < -0.39 is 0 Å². The summed E-state index contributed by atoms with van der Waals surface area (Å²) in [5, 5.41) is 3.08. The smallest absolute Gasteiger partial charge is 0.263 e. The van der Waals surface area contributed by atoms with Crippen LogP contribution in [-0.4, -0.2) is 29.8 Å². The van der Waals surface area contributed by atoms with Gasteiger partial charge in [0.25, 0.3) is 5.91 Å². The molecule has 0 radical (unpaired) electrons. The number of carbonyl (C=O) groups is 2. The third kappa shape index (κ3) is 4.08. The largest absolute Gasteiger partial charge is 0.352 e. The summed E-state index contributed by atoms with van der Waals surface area (Å²) in [5.41, 5.74) is 3.55. The summed E-state index contributed by atoms with van der Waals surface area (Å²) < 4.78 is 0. The molecule has 1 aliphatic carbocycles. The molecule has 1 aliphatic heterocycles. The van der Waals surface area contributed by atoms with Crippen molar-refractivity contribution in [2.75, 3.05) is 13.1 Å². The minimum Gasteiger partial charge on any atom is -0.352 e. The molecule has 1 aromatic carbocycles. The monoisotopic (exact) mass is 382 g/mol. The van der Waals surface area contributed by atoms with E-state index in [1.165, 1.54) is 16.0 Å². The van der Waals surface area contributed by atoms with E-state index in [1.54, 1.807) is 11.3 Å². The zero-order valence-corrected chi connectivity index (χ0v) is 16.6. The molecule has 2 amide bonds. The van der Waals surface area contributed by atoms with Crippen LogP contribution in [0.4, 0.5) is 0 Å². The van der Waals surface area contributed by atoms with Gasteiger partial charge in [0.1, 0.15) is 0 Å². The molecule has 1 atom stereocenters. The first-order valence-electron chi connectivity index (χ1n) is 9.84. The second-order valence-electron chi connectivity index (χ2n) is 7.70. The van der Waals surface area contributed by atoms with Crippen LogP contribution in [0.2, 0.25) is 0 Å². The number of nitrogens with zero attached hydrogens (tertiary/aromatic N) is 1. The van der Waals surface area contributed by atoms with Crippen LogP contribution in [0.5, 0.6) is 0 Å². The van der Waals surface area contributed by atoms with Crippen molar-refractivity contribution in [2.24, 2.45) is 5.92 Å². The van der Waals surface area contributed by atoms with E-state index in [0.29, 0.717) is 6.54 Å². The van der Waals surface area contributed by atoms with E-state index in [-0.39, 0.29) is 17.7 Å². The molecular formula is C22H26N2O2S. The molecule has 0 bridgehead atoms. The Morgan fingerprint density at radius 3 is 2.67 bits per heavy atom. The molecule has 2 heterocycles. The summed E-state index contributed by atoms with van der Waals surface area (Å²) in [6, 6.07) is 10.3. The molecule has 1 fully saturated rings. The molecule has 4 nitrogen and oxygen atoms in total. The van der Waals surface area contributed by atoms with Crippen LogP contribution in [0, 0.1) is 12.8 Å². The topological polar surface area (TPSA) is 49.4 Å². The molecule has 2 aromatic rings. The first kappa shape index (κ1) is 18.2. The van der Waals surface area contributed by atoms with Gasteiger partial charge in [-0.15, -0.1) is 11.3 Å². The van der Waals surface area contributed by atoms with Gasteiger partial charge in [-0.2, -0.15) is 0 Å². The number of benzene rings is 1. The fourth-order valence-corrected chi connectivity index (χ4v) is 5.14. The van der Waals surface area contributed by atoms with Crippen molar-refractivity contribution in [1.82, 2.24) is 10.2 Å². The third-order valence-corrected chi connectivity index (χ3v) is 6.87. The highest BCUT2D eigenvalue weighted by molar-refractivity contribution is 7.14. The number of nitrogens with one attached hydrogen (secondary N) is 1. The molecule has 5 heteroatoms. The molecule has 1 aromatic heterocycles. The molecule has 4 rings (SSSR count). The van der Waals surface area contributed by atoms with E-state index in [2.05, 4.69) is 36.5 Å². The average Bonchev–Trinajstić information content (AvgIpc) is 3.36. The highest BCUT2D eigenvalue weighted by atomic mass is 32.1. The molecule has 2 aliphatic rings. The van der Waals surface area contributed by atoms with Gasteiger partial charge < -0.3 is 10.2 Å². The van der Waals surface area contributed by atoms with Crippen LogP contribution >= 0.6 is 11.3 Å². The molecule has 1 saturated heterocycles. The zero-order chi connectivity index (χ0) is 18.8. The summed E-state index contributed by atoms with van der Waals surface area (Å²) in [4.78, 5) is 29.3. The van der Waals surface area contributed by atoms with Crippen molar-refractivity contribution in [3.8, 4) is 0 Å². The number of thiophene rings is 1. The van der Waals surface area contributed by atoms with Crippen molar-refractivity contribution < 1.29 is 9.59 Å². The average molecular weight is 383 g/mol. The fraction of sp³-hybridized carbons (Fsp3) is 0.455. The lowest BCUT2D eigenvalue weighted by atomic mass is 9.87. The number of rotatable bonds is 4. The number of hydrogen-bond donors (Lipinski definition) is 1. The normalized spacial score (nSPS) is 19.0. The van der Waals surface area contributed by atoms with Crippen molar-refractivity contribution >= 4 is 23.2 Å². The molecule has 0 saturated carbocycles. The molecule has 0 unspecified atom stereocenters. The van der Waals surface area contributed by atoms with Crippen LogP contribution in [-0.2, 0) is 24.2 Å². The number of likely N-dealkylation sites (tertiary alicyclic amines) is 1. The van der Waals surface area contributed by atoms with Gasteiger partial charge >= 0.3 is 0 Å². The quantitative estimate of drug-likeness (QED) is 0.876. The van der Waals surface area contributed by atoms with Gasteiger partial charge in [0.15, 0.2) is 0 Å². The van der Waals surface area contributed by atoms with Crippen molar-refractivity contribution in [3.63, 3.8) is 0 Å². The summed E-state index contributed by atoms with van der Waals surface area (Å²) in [5.74, 6) is 0.305. The first-order valence-corrected chi connectivity index (χ1v) is 10.7. The highest BCUT2D eigenvalue weighted by Crippen LogP contribution is 2.33. The van der Waals surface area contributed by atoms with E-state index in [9.17, 15) is 9.59 Å². The lowest BCUT2D eigenvalue weighted by Crippen LogP contribution is -2.33. The zero-order valence-electron chi connectivity index (χ0n) is 15.8. The number of aryl methyl sites for hydroxylation is 2. The Labute approximate surface area is 164 Å². The Balaban J connectivity index is 1.36. The molecule has 0 spiro atoms. The molecule has 1 N–H and O–H groups in total. The van der Waals surface area contributed by atoms with Crippen molar-refractivity contribution in [2.45, 2.75) is 45.6 Å². The van der Waals surface area contributed by atoms with E-state index in [0.717, 1.165) is 55.6 Å². The maximum absolute atomic E-state index is 12.6. The third-order valence-electron chi connectivity index (χ3n) is 5.65. The Kier molecular flexibility index (Phi) is 5.30. The van der Waals surface area contributed by atoms with Gasteiger partial charge in [-0.3, -0.25) is 9.59 Å². The van der Waals surface area contributed by atoms with Gasteiger partial charge in [0, 0.05) is 30.4 Å². The molecule has 142 valence electrons. The second-order valence-corrected chi connectivity index (χ2v) is 8.84. The van der Waals surface area contributed by atoms with E-state index in [1.807, 2.05) is 11.0 Å². The summed E-state index contributed by atoms with van der Waals surface area (Å²) >= 11 is 1.63. The number of amides is 2. The maximum atomic E-state index is 12.6. The number of hydrogen-bond acceptors (Lipinski definition) is 3. The van der Waals surface area contributed by atoms with Crippen LogP contribution in [0.1, 0.15) is 50.5 Å². The lowest BCUT2D eigenvalue weighted by molar-refractivity contribution is -0.125. The number of carbonyl (C=O) groups excluding carboxylic acids is 2. The minimum absolute atomic E-state index is 0.00675. The predicted molar refractivity (Wildman–Crippen MR) is 108 cm³/mol. The standard InChI is InChI=1S/C22H26N2O2S/c1-15-4-6-16(7-5-15)14-23-21(25)17-8-9-19-18(12-17)13-20(27-19)22(26)24-10-2-3-11-24/h4-7,13,17H,2-3,8-12,14H2,1H3,(H,23,25)/t17-/m1/s1. The van der Waals surface area contributed by atoms with E-state index >= 15 is 0 Å². The Bertz CT molecular complexity index is 834. The van der Waals surface area contributed by atoms with Gasteiger partial charge in [-0.25, -0.2) is 0 Å². The van der Waals surface area contributed by atoms with Gasteiger partial charge in [-0.05, 0) is 56.2 Å². The summed E-state index contributed by atoms with van der Waals surface area (Å²) in [7, 11) is 0. The van der Waals surface area contributed by atoms with Crippen LogP contribution in [0.15, 0.2) is 30.3 Å². The minimum atomic E-state index is 0.00675. The first-order chi connectivity index (χ1) is 13.1. The Morgan fingerprint density at radius 1 is 1.19 bits per heavy atom. The summed E-state index contributed by atoms with van der Waals surface area (Å²) in [6.45, 7) is 4.40. The van der Waals surface area contributed by atoms with E-state index in [4.69, 9.17) is 0 Å². The Morgan fingerprint density at radius 2 is 1.93 bits per heavy atom. The van der Waals surface area contributed by atoms with Crippen molar-refractivity contribution in [3.05, 3.63) is 56.8 Å². The predicted octanol–water partition coefficient (Wildman–Crippen LogP) is 3.71. The lowest BCUT2D eigenvalue weighted by Gasteiger charge is -2.21.